The Kier molecular flexibility index (Phi) is 7.73. The van der Waals surface area contributed by atoms with Crippen LogP contribution in [0.4, 0.5) is 0 Å². The summed E-state index contributed by atoms with van der Waals surface area (Å²) in [6.45, 7) is 4.10. The monoisotopic (exact) mass is 462 g/mol. The van der Waals surface area contributed by atoms with E-state index in [1.165, 1.54) is 5.56 Å². The molecule has 1 aliphatic rings. The van der Waals surface area contributed by atoms with Gasteiger partial charge in [0, 0.05) is 13.0 Å². The van der Waals surface area contributed by atoms with Crippen LogP contribution >= 0.6 is 24.0 Å². The molecule has 0 saturated heterocycles. The Labute approximate surface area is 171 Å². The first kappa shape index (κ1) is 20.0. The lowest BCUT2D eigenvalue weighted by atomic mass is 10.1. The van der Waals surface area contributed by atoms with E-state index in [1.807, 2.05) is 49.4 Å². The van der Waals surface area contributed by atoms with Crippen molar-refractivity contribution < 1.29 is 4.74 Å². The van der Waals surface area contributed by atoms with Crippen molar-refractivity contribution in [3.8, 4) is 11.8 Å². The van der Waals surface area contributed by atoms with Crippen molar-refractivity contribution in [2.24, 2.45) is 4.99 Å². The van der Waals surface area contributed by atoms with Gasteiger partial charge in [-0.25, -0.2) is 4.99 Å². The number of rotatable bonds is 5. The number of ether oxygens (including phenoxy) is 1. The normalized spacial score (nSPS) is 15.2. The van der Waals surface area contributed by atoms with E-state index in [1.54, 1.807) is 0 Å². The molecular formula is C20H23IN4O. The van der Waals surface area contributed by atoms with Crippen LogP contribution in [0, 0.1) is 11.3 Å². The maximum atomic E-state index is 8.85. The van der Waals surface area contributed by atoms with Gasteiger partial charge in [0.05, 0.1) is 24.7 Å². The maximum absolute atomic E-state index is 8.85. The van der Waals surface area contributed by atoms with Crippen molar-refractivity contribution >= 4 is 29.9 Å². The second kappa shape index (κ2) is 10.0. The molecule has 0 fully saturated rings. The molecule has 0 amide bonds. The maximum Gasteiger partial charge on any atom is 0.191 e. The van der Waals surface area contributed by atoms with Gasteiger partial charge in [0.1, 0.15) is 11.9 Å². The summed E-state index contributed by atoms with van der Waals surface area (Å²) in [5, 5.41) is 15.4. The van der Waals surface area contributed by atoms with Gasteiger partial charge in [-0.1, -0.05) is 30.3 Å². The molecule has 2 aromatic carbocycles. The number of benzene rings is 2. The highest BCUT2D eigenvalue weighted by Gasteiger charge is 2.22. The molecule has 1 atom stereocenters. The lowest BCUT2D eigenvalue weighted by Crippen LogP contribution is -2.42. The number of nitriles is 1. The fourth-order valence-electron chi connectivity index (χ4n) is 2.78. The second-order valence-electron chi connectivity index (χ2n) is 5.94. The second-order valence-corrected chi connectivity index (χ2v) is 5.94. The third kappa shape index (κ3) is 5.36. The number of halogens is 1. The summed E-state index contributed by atoms with van der Waals surface area (Å²) in [5.74, 6) is 1.75. The van der Waals surface area contributed by atoms with E-state index in [-0.39, 0.29) is 30.1 Å². The van der Waals surface area contributed by atoms with Gasteiger partial charge in [0.2, 0.25) is 0 Å². The van der Waals surface area contributed by atoms with Crippen molar-refractivity contribution in [1.29, 1.82) is 5.26 Å². The van der Waals surface area contributed by atoms with Gasteiger partial charge in [-0.15, -0.1) is 24.0 Å². The summed E-state index contributed by atoms with van der Waals surface area (Å²) in [6, 6.07) is 17.8. The SMILES string of the molecule is CCNC(=NCc1ccc(C#N)cc1)NCC1Cc2ccccc2O1.I. The first-order valence-electron chi connectivity index (χ1n) is 8.54. The fraction of sp³-hybridized carbons (Fsp3) is 0.300. The standard InChI is InChI=1S/C20H22N4O.HI/c1-2-22-20(23-13-16-9-7-15(12-21)8-10-16)24-14-18-11-17-5-3-4-6-19(17)25-18;/h3-10,18H,2,11,13-14H2,1H3,(H2,22,23,24);1H. The van der Waals surface area contributed by atoms with Crippen molar-refractivity contribution in [1.82, 2.24) is 10.6 Å². The lowest BCUT2D eigenvalue weighted by molar-refractivity contribution is 0.235. The molecule has 5 nitrogen and oxygen atoms in total. The number of aliphatic imine (C=N–C) groups is 1. The average Bonchev–Trinajstić information content (AvgIpc) is 3.07. The van der Waals surface area contributed by atoms with Crippen LogP contribution < -0.4 is 15.4 Å². The zero-order valence-electron chi connectivity index (χ0n) is 14.7. The molecule has 2 N–H and O–H groups in total. The zero-order valence-corrected chi connectivity index (χ0v) is 17.1. The molecule has 6 heteroatoms. The van der Waals surface area contributed by atoms with E-state index >= 15 is 0 Å². The summed E-state index contributed by atoms with van der Waals surface area (Å²) in [4.78, 5) is 4.61. The van der Waals surface area contributed by atoms with E-state index in [0.717, 1.165) is 30.2 Å². The van der Waals surface area contributed by atoms with E-state index in [0.29, 0.717) is 18.7 Å². The zero-order chi connectivity index (χ0) is 17.5. The third-order valence-electron chi connectivity index (χ3n) is 4.06. The molecule has 26 heavy (non-hydrogen) atoms. The predicted octanol–water partition coefficient (Wildman–Crippen LogP) is 3.24. The highest BCUT2D eigenvalue weighted by Crippen LogP contribution is 2.27. The Morgan fingerprint density at radius 3 is 2.65 bits per heavy atom. The number of hydrogen-bond acceptors (Lipinski definition) is 3. The molecule has 1 aliphatic heterocycles. The average molecular weight is 462 g/mol. The highest BCUT2D eigenvalue weighted by atomic mass is 127. The minimum atomic E-state index is 0. The van der Waals surface area contributed by atoms with Gasteiger partial charge in [0.25, 0.3) is 0 Å². The van der Waals surface area contributed by atoms with Crippen LogP contribution in [0.25, 0.3) is 0 Å². The number of hydrogen-bond donors (Lipinski definition) is 2. The lowest BCUT2D eigenvalue weighted by Gasteiger charge is -2.15. The summed E-state index contributed by atoms with van der Waals surface area (Å²) in [5.41, 5.74) is 2.99. The van der Waals surface area contributed by atoms with E-state index in [4.69, 9.17) is 10.00 Å². The van der Waals surface area contributed by atoms with Gasteiger partial charge >= 0.3 is 0 Å². The molecule has 0 aliphatic carbocycles. The van der Waals surface area contributed by atoms with E-state index in [2.05, 4.69) is 27.8 Å². The molecule has 2 aromatic rings. The molecule has 0 aromatic heterocycles. The molecule has 0 spiro atoms. The van der Waals surface area contributed by atoms with Crippen LogP contribution in [0.1, 0.15) is 23.6 Å². The van der Waals surface area contributed by atoms with Gasteiger partial charge in [-0.05, 0) is 36.2 Å². The Balaban J connectivity index is 0.00000243. The largest absolute Gasteiger partial charge is 0.488 e. The smallest absolute Gasteiger partial charge is 0.191 e. The Hall–Kier alpha value is -2.27. The summed E-state index contributed by atoms with van der Waals surface area (Å²) >= 11 is 0. The molecular weight excluding hydrogens is 439 g/mol. The van der Waals surface area contributed by atoms with E-state index < -0.39 is 0 Å². The molecule has 0 bridgehead atoms. The van der Waals surface area contributed by atoms with Crippen LogP contribution in [0.15, 0.2) is 53.5 Å². The number of fused-ring (bicyclic) bond motifs is 1. The quantitative estimate of drug-likeness (QED) is 0.407. The van der Waals surface area contributed by atoms with Crippen LogP contribution in [-0.4, -0.2) is 25.2 Å². The molecule has 3 rings (SSSR count). The van der Waals surface area contributed by atoms with Crippen LogP contribution in [0.2, 0.25) is 0 Å². The minimum Gasteiger partial charge on any atom is -0.488 e. The summed E-state index contributed by atoms with van der Waals surface area (Å²) in [6.07, 6.45) is 1.04. The van der Waals surface area contributed by atoms with Crippen LogP contribution in [0.3, 0.4) is 0 Å². The molecule has 0 saturated carbocycles. The summed E-state index contributed by atoms with van der Waals surface area (Å²) in [7, 11) is 0. The number of nitrogens with one attached hydrogen (secondary N) is 2. The highest BCUT2D eigenvalue weighted by molar-refractivity contribution is 14.0. The van der Waals surface area contributed by atoms with Gasteiger partial charge < -0.3 is 15.4 Å². The Morgan fingerprint density at radius 2 is 1.96 bits per heavy atom. The minimum absolute atomic E-state index is 0. The number of nitrogens with zero attached hydrogens (tertiary/aromatic N) is 2. The van der Waals surface area contributed by atoms with Crippen molar-refractivity contribution in [2.75, 3.05) is 13.1 Å². The van der Waals surface area contributed by atoms with Crippen LogP contribution in [-0.2, 0) is 13.0 Å². The van der Waals surface area contributed by atoms with Gasteiger partial charge in [-0.2, -0.15) is 5.26 Å². The van der Waals surface area contributed by atoms with Crippen molar-refractivity contribution in [3.05, 3.63) is 65.2 Å². The predicted molar refractivity (Wildman–Crippen MR) is 114 cm³/mol. The van der Waals surface area contributed by atoms with Crippen LogP contribution in [0.5, 0.6) is 5.75 Å². The van der Waals surface area contributed by atoms with Crippen molar-refractivity contribution in [2.45, 2.75) is 26.0 Å². The van der Waals surface area contributed by atoms with E-state index in [9.17, 15) is 0 Å². The fourth-order valence-corrected chi connectivity index (χ4v) is 2.78. The summed E-state index contributed by atoms with van der Waals surface area (Å²) < 4.78 is 5.95. The Bertz CT molecular complexity index is 758. The third-order valence-corrected chi connectivity index (χ3v) is 4.06. The van der Waals surface area contributed by atoms with Gasteiger partial charge in [0.15, 0.2) is 5.96 Å². The molecule has 1 heterocycles. The topological polar surface area (TPSA) is 69.4 Å². The molecule has 136 valence electrons. The van der Waals surface area contributed by atoms with Crippen molar-refractivity contribution in [3.63, 3.8) is 0 Å². The van der Waals surface area contributed by atoms with Gasteiger partial charge in [-0.3, -0.25) is 0 Å². The number of guanidine groups is 1. The first-order valence-corrected chi connectivity index (χ1v) is 8.54. The Morgan fingerprint density at radius 1 is 1.19 bits per heavy atom. The molecule has 1 unspecified atom stereocenters. The number of para-hydroxylation sites is 1. The molecule has 0 radical (unpaired) electrons. The first-order chi connectivity index (χ1) is 12.3.